The van der Waals surface area contributed by atoms with Crippen molar-refractivity contribution in [3.05, 3.63) is 47.6 Å². The maximum atomic E-state index is 13.0. The molecule has 3 heterocycles. The maximum Gasteiger partial charge on any atom is 0.277 e. The lowest BCUT2D eigenvalue weighted by Gasteiger charge is -1.95. The van der Waals surface area contributed by atoms with E-state index in [1.54, 1.807) is 11.6 Å². The highest BCUT2D eigenvalue weighted by Gasteiger charge is 2.12. The number of rotatable bonds is 2. The van der Waals surface area contributed by atoms with Crippen molar-refractivity contribution in [3.8, 4) is 0 Å². The highest BCUT2D eigenvalue weighted by Crippen LogP contribution is 2.13. The van der Waals surface area contributed by atoms with Crippen molar-refractivity contribution in [2.24, 2.45) is 0 Å². The highest BCUT2D eigenvalue weighted by molar-refractivity contribution is 7.13. The van der Waals surface area contributed by atoms with Crippen LogP contribution in [0.2, 0.25) is 0 Å². The first-order valence-electron chi connectivity index (χ1n) is 5.07. The maximum absolute atomic E-state index is 13.0. The lowest BCUT2D eigenvalue weighted by molar-refractivity contribution is 0.102. The minimum absolute atomic E-state index is 0.218. The number of amides is 1. The summed E-state index contributed by atoms with van der Waals surface area (Å²) in [7, 11) is 0. The predicted molar refractivity (Wildman–Crippen MR) is 65.2 cm³/mol. The van der Waals surface area contributed by atoms with E-state index in [0.29, 0.717) is 10.8 Å². The first kappa shape index (κ1) is 10.8. The average Bonchev–Trinajstić information content (AvgIpc) is 2.96. The number of nitrogens with zero attached hydrogens (tertiary/aromatic N) is 3. The van der Waals surface area contributed by atoms with Crippen LogP contribution in [0.4, 0.5) is 9.52 Å². The van der Waals surface area contributed by atoms with Gasteiger partial charge in [-0.2, -0.15) is 0 Å². The number of hydrogen-bond donors (Lipinski definition) is 1. The zero-order valence-electron chi connectivity index (χ0n) is 9.00. The van der Waals surface area contributed by atoms with Crippen molar-refractivity contribution in [3.63, 3.8) is 0 Å². The molecule has 0 spiro atoms. The van der Waals surface area contributed by atoms with Crippen LogP contribution in [0.25, 0.3) is 5.65 Å². The molecule has 1 N–H and O–H groups in total. The number of hydrogen-bond acceptors (Lipinski definition) is 4. The normalized spacial score (nSPS) is 10.7. The molecule has 0 atom stereocenters. The SMILES string of the molecule is O=C(Nc1nccs1)c1cn2cc(F)ccc2n1. The number of carbonyl (C=O) groups excluding carboxylic acids is 1. The largest absolute Gasteiger partial charge is 0.303 e. The zero-order valence-corrected chi connectivity index (χ0v) is 9.82. The summed E-state index contributed by atoms with van der Waals surface area (Å²) < 4.78 is 14.5. The molecule has 7 heteroatoms. The molecule has 0 aliphatic rings. The lowest BCUT2D eigenvalue weighted by Crippen LogP contribution is -2.11. The van der Waals surface area contributed by atoms with Gasteiger partial charge in [0.2, 0.25) is 0 Å². The topological polar surface area (TPSA) is 59.3 Å². The van der Waals surface area contributed by atoms with Gasteiger partial charge in [0.25, 0.3) is 5.91 Å². The van der Waals surface area contributed by atoms with Gasteiger partial charge in [0.1, 0.15) is 17.2 Å². The molecule has 0 aliphatic heterocycles. The summed E-state index contributed by atoms with van der Waals surface area (Å²) in [6.07, 6.45) is 4.34. The Hall–Kier alpha value is -2.28. The van der Waals surface area contributed by atoms with Gasteiger partial charge in [-0.1, -0.05) is 0 Å². The Kier molecular flexibility index (Phi) is 2.52. The van der Waals surface area contributed by atoms with Crippen LogP contribution in [-0.4, -0.2) is 20.3 Å². The van der Waals surface area contributed by atoms with Crippen molar-refractivity contribution in [2.45, 2.75) is 0 Å². The number of halogens is 1. The quantitative estimate of drug-likeness (QED) is 0.770. The number of anilines is 1. The summed E-state index contributed by atoms with van der Waals surface area (Å²) in [5, 5.41) is 4.87. The van der Waals surface area contributed by atoms with Crippen molar-refractivity contribution in [1.82, 2.24) is 14.4 Å². The fourth-order valence-electron chi connectivity index (χ4n) is 1.52. The number of thiazole rings is 1. The number of nitrogens with one attached hydrogen (secondary N) is 1. The molecule has 0 radical (unpaired) electrons. The Bertz CT molecular complexity index is 707. The van der Waals surface area contributed by atoms with E-state index in [-0.39, 0.29) is 17.4 Å². The van der Waals surface area contributed by atoms with Gasteiger partial charge in [-0.3, -0.25) is 10.1 Å². The van der Waals surface area contributed by atoms with Gasteiger partial charge >= 0.3 is 0 Å². The monoisotopic (exact) mass is 262 g/mol. The fourth-order valence-corrected chi connectivity index (χ4v) is 2.04. The van der Waals surface area contributed by atoms with Crippen LogP contribution in [0, 0.1) is 5.82 Å². The summed E-state index contributed by atoms with van der Waals surface area (Å²) in [5.74, 6) is -0.749. The Labute approximate surface area is 105 Å². The Morgan fingerprint density at radius 3 is 3.06 bits per heavy atom. The van der Waals surface area contributed by atoms with E-state index in [9.17, 15) is 9.18 Å². The Balaban J connectivity index is 1.92. The van der Waals surface area contributed by atoms with Gasteiger partial charge in [-0.25, -0.2) is 14.4 Å². The van der Waals surface area contributed by atoms with Gasteiger partial charge in [-0.15, -0.1) is 11.3 Å². The van der Waals surface area contributed by atoms with Crippen molar-refractivity contribution in [2.75, 3.05) is 5.32 Å². The standard InChI is InChI=1S/C11H7FN4OS/c12-7-1-2-9-14-8(6-16(9)5-7)10(17)15-11-13-3-4-18-11/h1-6H,(H,13,15,17). The molecule has 90 valence electrons. The second-order valence-electron chi connectivity index (χ2n) is 3.53. The van der Waals surface area contributed by atoms with Crippen LogP contribution in [0.3, 0.4) is 0 Å². The van der Waals surface area contributed by atoms with Crippen LogP contribution in [0.15, 0.2) is 36.1 Å². The fraction of sp³-hybridized carbons (Fsp3) is 0. The predicted octanol–water partition coefficient (Wildman–Crippen LogP) is 2.18. The third-order valence-electron chi connectivity index (χ3n) is 2.30. The number of carbonyl (C=O) groups is 1. The van der Waals surface area contributed by atoms with Crippen LogP contribution >= 0.6 is 11.3 Å². The summed E-state index contributed by atoms with van der Waals surface area (Å²) in [4.78, 5) is 19.9. The molecule has 1 amide bonds. The Morgan fingerprint density at radius 2 is 2.28 bits per heavy atom. The van der Waals surface area contributed by atoms with E-state index in [4.69, 9.17) is 0 Å². The minimum atomic E-state index is -0.383. The van der Waals surface area contributed by atoms with E-state index in [2.05, 4.69) is 15.3 Å². The van der Waals surface area contributed by atoms with Gasteiger partial charge in [0.15, 0.2) is 5.13 Å². The number of fused-ring (bicyclic) bond motifs is 1. The second kappa shape index (κ2) is 4.19. The highest BCUT2D eigenvalue weighted by atomic mass is 32.1. The summed E-state index contributed by atoms with van der Waals surface area (Å²) >= 11 is 1.32. The van der Waals surface area contributed by atoms with E-state index < -0.39 is 0 Å². The van der Waals surface area contributed by atoms with E-state index in [0.717, 1.165) is 0 Å². The number of imidazole rings is 1. The summed E-state index contributed by atoms with van der Waals surface area (Å²) in [6, 6.07) is 2.81. The lowest BCUT2D eigenvalue weighted by atomic mass is 10.4. The molecule has 3 rings (SSSR count). The Morgan fingerprint density at radius 1 is 1.39 bits per heavy atom. The van der Waals surface area contributed by atoms with E-state index in [1.807, 2.05) is 0 Å². The molecular weight excluding hydrogens is 255 g/mol. The molecule has 0 aromatic carbocycles. The molecule has 18 heavy (non-hydrogen) atoms. The number of pyridine rings is 1. The average molecular weight is 262 g/mol. The summed E-state index contributed by atoms with van der Waals surface area (Å²) in [6.45, 7) is 0. The zero-order chi connectivity index (χ0) is 12.5. The van der Waals surface area contributed by atoms with Crippen LogP contribution < -0.4 is 5.32 Å². The molecule has 0 saturated carbocycles. The third-order valence-corrected chi connectivity index (χ3v) is 2.99. The van der Waals surface area contributed by atoms with Crippen molar-refractivity contribution < 1.29 is 9.18 Å². The van der Waals surface area contributed by atoms with E-state index >= 15 is 0 Å². The molecule has 0 fully saturated rings. The molecular formula is C11H7FN4OS. The van der Waals surface area contributed by atoms with E-state index in [1.165, 1.54) is 40.3 Å². The minimum Gasteiger partial charge on any atom is -0.303 e. The first-order valence-corrected chi connectivity index (χ1v) is 5.95. The van der Waals surface area contributed by atoms with Crippen LogP contribution in [0.1, 0.15) is 10.5 Å². The number of aromatic nitrogens is 3. The van der Waals surface area contributed by atoms with Crippen molar-refractivity contribution in [1.29, 1.82) is 0 Å². The second-order valence-corrected chi connectivity index (χ2v) is 4.42. The molecule has 3 aromatic rings. The van der Waals surface area contributed by atoms with Crippen LogP contribution in [0.5, 0.6) is 0 Å². The smallest absolute Gasteiger partial charge is 0.277 e. The molecule has 0 saturated heterocycles. The molecule has 5 nitrogen and oxygen atoms in total. The van der Waals surface area contributed by atoms with Crippen molar-refractivity contribution >= 4 is 28.0 Å². The van der Waals surface area contributed by atoms with Crippen LogP contribution in [-0.2, 0) is 0 Å². The third kappa shape index (κ3) is 1.95. The molecule has 0 unspecified atom stereocenters. The molecule has 0 bridgehead atoms. The first-order chi connectivity index (χ1) is 8.72. The van der Waals surface area contributed by atoms with Gasteiger partial charge in [0, 0.05) is 24.0 Å². The summed E-state index contributed by atoms with van der Waals surface area (Å²) in [5.41, 5.74) is 0.733. The van der Waals surface area contributed by atoms with Gasteiger partial charge in [0.05, 0.1) is 0 Å². The van der Waals surface area contributed by atoms with Gasteiger partial charge in [-0.05, 0) is 12.1 Å². The molecule has 0 aliphatic carbocycles. The molecule has 3 aromatic heterocycles. The van der Waals surface area contributed by atoms with Gasteiger partial charge < -0.3 is 4.40 Å².